The van der Waals surface area contributed by atoms with Gasteiger partial charge in [-0.15, -0.1) is 0 Å². The topological polar surface area (TPSA) is 0 Å². The van der Waals surface area contributed by atoms with Crippen molar-refractivity contribution >= 4 is 12.2 Å². The van der Waals surface area contributed by atoms with E-state index in [-0.39, 0.29) is 0 Å². The first-order chi connectivity index (χ1) is 17.1. The van der Waals surface area contributed by atoms with Gasteiger partial charge in [0.2, 0.25) is 0 Å². The molecule has 0 nitrogen and oxygen atoms in total. The quantitative estimate of drug-likeness (QED) is 0.307. The predicted molar refractivity (Wildman–Crippen MR) is 164 cm³/mol. The first kappa shape index (κ1) is 28.8. The zero-order valence-corrected chi connectivity index (χ0v) is 28.6. The second-order valence-corrected chi connectivity index (χ2v) is 33.8. The third kappa shape index (κ3) is 4.54. The van der Waals surface area contributed by atoms with Crippen LogP contribution in [0, 0.1) is 0 Å². The second-order valence-electron chi connectivity index (χ2n) is 14.8. The van der Waals surface area contributed by atoms with E-state index < -0.39 is 18.8 Å². The molecule has 0 fully saturated rings. The molecule has 0 aromatic heterocycles. The zero-order chi connectivity index (χ0) is 27.6. The summed E-state index contributed by atoms with van der Waals surface area (Å²) in [6, 6.07) is 10.3. The van der Waals surface area contributed by atoms with Crippen molar-refractivity contribution in [2.24, 2.45) is 0 Å². The van der Waals surface area contributed by atoms with Gasteiger partial charge in [-0.05, 0) is 0 Å². The summed E-state index contributed by atoms with van der Waals surface area (Å²) in [4.78, 5) is 0. The van der Waals surface area contributed by atoms with Gasteiger partial charge in [-0.1, -0.05) is 0 Å². The molecule has 201 valence electrons. The molecule has 1 heteroatoms. The average molecular weight is 577 g/mol. The Hall–Kier alpha value is -1.20. The summed E-state index contributed by atoms with van der Waals surface area (Å²) in [6.45, 7) is 26.4. The molecule has 2 unspecified atom stereocenters. The summed E-state index contributed by atoms with van der Waals surface area (Å²) in [5, 5.41) is 0. The summed E-state index contributed by atoms with van der Waals surface area (Å²) < 4.78 is 8.18. The number of allylic oxidation sites excluding steroid dienone is 2. The zero-order valence-electron chi connectivity index (χ0n) is 26.1. The van der Waals surface area contributed by atoms with Gasteiger partial charge in [-0.3, -0.25) is 0 Å². The SMILES string of the molecule is C[CH2][Zr]([CH3])([CH3])([CH]1C(C)=Cc2c(C(C)C)cc(C(C)C)cc21)[CH]1C(C)=Cc2c(C(C)C)cc(C(C)C)cc21. The third-order valence-corrected chi connectivity index (χ3v) is 29.0. The van der Waals surface area contributed by atoms with Crippen molar-refractivity contribution in [2.45, 2.75) is 120 Å². The fourth-order valence-electron chi connectivity index (χ4n) is 8.08. The van der Waals surface area contributed by atoms with Crippen molar-refractivity contribution in [3.8, 4) is 0 Å². The van der Waals surface area contributed by atoms with Crippen molar-refractivity contribution in [1.29, 1.82) is 0 Å². The van der Waals surface area contributed by atoms with Crippen LogP contribution in [0.25, 0.3) is 12.2 Å². The van der Waals surface area contributed by atoms with Crippen molar-refractivity contribution < 1.29 is 18.8 Å². The average Bonchev–Trinajstić information content (AvgIpc) is 3.33. The molecule has 0 heterocycles. The van der Waals surface area contributed by atoms with Crippen molar-refractivity contribution in [3.63, 3.8) is 0 Å². The molecular formula is C36H53Zr. The molecule has 0 saturated carbocycles. The molecule has 2 aliphatic rings. The Balaban J connectivity index is 2.02. The van der Waals surface area contributed by atoms with E-state index in [1.54, 1.807) is 44.5 Å². The molecule has 4 rings (SSSR count). The van der Waals surface area contributed by atoms with Crippen LogP contribution in [0.3, 0.4) is 0 Å². The fraction of sp³-hybridized carbons (Fsp3) is 0.556. The van der Waals surface area contributed by atoms with Crippen molar-refractivity contribution in [2.75, 3.05) is 0 Å². The molecule has 0 spiro atoms. The Kier molecular flexibility index (Phi) is 7.60. The molecule has 0 saturated heterocycles. The minimum absolute atomic E-state index is 0.544. The monoisotopic (exact) mass is 575 g/mol. The molecule has 0 amide bonds. The number of hydrogen-bond acceptors (Lipinski definition) is 0. The molecule has 0 aliphatic heterocycles. The molecule has 2 aliphatic carbocycles. The van der Waals surface area contributed by atoms with Gasteiger partial charge in [-0.2, -0.15) is 0 Å². The molecule has 2 aromatic carbocycles. The fourth-order valence-corrected chi connectivity index (χ4v) is 24.9. The van der Waals surface area contributed by atoms with E-state index in [2.05, 4.69) is 122 Å². The summed E-state index contributed by atoms with van der Waals surface area (Å²) in [5.41, 5.74) is 15.8. The van der Waals surface area contributed by atoms with Crippen LogP contribution in [0.15, 0.2) is 35.4 Å². The Morgan fingerprint density at radius 2 is 0.946 bits per heavy atom. The minimum atomic E-state index is -3.57. The molecule has 37 heavy (non-hydrogen) atoms. The Labute approximate surface area is 230 Å². The van der Waals surface area contributed by atoms with Crippen LogP contribution in [-0.2, 0) is 18.8 Å². The van der Waals surface area contributed by atoms with Crippen LogP contribution in [0.4, 0.5) is 0 Å². The normalized spacial score (nSPS) is 20.4. The molecular weight excluding hydrogens is 524 g/mol. The predicted octanol–water partition coefficient (Wildman–Crippen LogP) is 12.0. The number of rotatable bonds is 7. The van der Waals surface area contributed by atoms with Gasteiger partial charge in [0, 0.05) is 0 Å². The van der Waals surface area contributed by atoms with E-state index in [0.717, 1.165) is 0 Å². The van der Waals surface area contributed by atoms with Crippen molar-refractivity contribution in [1.82, 2.24) is 0 Å². The van der Waals surface area contributed by atoms with Gasteiger partial charge in [-0.25, -0.2) is 0 Å². The first-order valence-corrected chi connectivity index (χ1v) is 24.5. The Morgan fingerprint density at radius 1 is 0.595 bits per heavy atom. The first-order valence-electron chi connectivity index (χ1n) is 15.0. The molecule has 2 aromatic rings. The van der Waals surface area contributed by atoms with E-state index in [1.165, 1.54) is 15.3 Å². The van der Waals surface area contributed by atoms with Gasteiger partial charge in [0.1, 0.15) is 0 Å². The number of benzene rings is 2. The standard InChI is InChI=1S/2C16H21.C2H5.2CH3.Zr/c2*1-10(2)13-8-14-6-12(5)7-16(14)15(9-13)11(3)4;1-2;;;/h2*6-11H,1-5H3;1H2,2H3;2*1H3;. The van der Waals surface area contributed by atoms with Crippen LogP contribution >= 0.6 is 0 Å². The second kappa shape index (κ2) is 9.77. The van der Waals surface area contributed by atoms with E-state index in [1.807, 2.05) is 0 Å². The van der Waals surface area contributed by atoms with Crippen LogP contribution in [0.5, 0.6) is 0 Å². The van der Waals surface area contributed by atoms with Gasteiger partial charge in [0.25, 0.3) is 0 Å². The van der Waals surface area contributed by atoms with Crippen LogP contribution in [-0.4, -0.2) is 0 Å². The number of fused-ring (bicyclic) bond motifs is 2. The van der Waals surface area contributed by atoms with Gasteiger partial charge in [0.05, 0.1) is 0 Å². The summed E-state index contributed by atoms with van der Waals surface area (Å²) >= 11 is -3.57. The Bertz CT molecular complexity index is 1180. The van der Waals surface area contributed by atoms with Crippen LogP contribution in [0.1, 0.15) is 152 Å². The molecule has 0 radical (unpaired) electrons. The summed E-state index contributed by atoms with van der Waals surface area (Å²) in [7, 11) is 0. The van der Waals surface area contributed by atoms with Crippen LogP contribution in [0.2, 0.25) is 13.4 Å². The maximum absolute atomic E-state index is 3.57. The van der Waals surface area contributed by atoms with E-state index in [9.17, 15) is 0 Å². The van der Waals surface area contributed by atoms with Gasteiger partial charge >= 0.3 is 231 Å². The molecule has 0 N–H and O–H groups in total. The maximum atomic E-state index is 2.82. The molecule has 2 atom stereocenters. The van der Waals surface area contributed by atoms with Crippen LogP contribution < -0.4 is 0 Å². The van der Waals surface area contributed by atoms with Gasteiger partial charge < -0.3 is 0 Å². The van der Waals surface area contributed by atoms with E-state index in [4.69, 9.17) is 0 Å². The third-order valence-electron chi connectivity index (χ3n) is 10.4. The number of hydrogen-bond donors (Lipinski definition) is 0. The van der Waals surface area contributed by atoms with Gasteiger partial charge in [0.15, 0.2) is 0 Å². The molecule has 0 bridgehead atoms. The summed E-state index contributed by atoms with van der Waals surface area (Å²) in [6.07, 6.45) is 5.18. The van der Waals surface area contributed by atoms with Crippen molar-refractivity contribution in [3.05, 3.63) is 79.9 Å². The summed E-state index contributed by atoms with van der Waals surface area (Å²) in [5.74, 6) is 2.19. The Morgan fingerprint density at radius 3 is 1.22 bits per heavy atom. The van der Waals surface area contributed by atoms with E-state index in [0.29, 0.717) is 30.9 Å². The van der Waals surface area contributed by atoms with E-state index >= 15 is 0 Å².